The molecule has 1 aliphatic carbocycles. The van der Waals surface area contributed by atoms with Gasteiger partial charge < -0.3 is 15.4 Å². The number of aliphatic imine (C=N–C) groups is 2. The number of allylic oxidation sites excluding steroid dienone is 1. The Hall–Kier alpha value is -3.66. The molecular weight excluding hydrogens is 381 g/mol. The summed E-state index contributed by atoms with van der Waals surface area (Å²) in [6.07, 6.45) is 2.43. The third-order valence-corrected chi connectivity index (χ3v) is 5.61. The summed E-state index contributed by atoms with van der Waals surface area (Å²) in [5.74, 6) is 0.989. The van der Waals surface area contributed by atoms with E-state index in [4.69, 9.17) is 9.73 Å². The van der Waals surface area contributed by atoms with Crippen LogP contribution in [-0.4, -0.2) is 32.0 Å². The first-order chi connectivity index (χ1) is 14.5. The molecule has 4 rings (SSSR count). The van der Waals surface area contributed by atoms with Gasteiger partial charge in [0.1, 0.15) is 23.5 Å². The van der Waals surface area contributed by atoms with Gasteiger partial charge in [-0.15, -0.1) is 0 Å². The Labute approximate surface area is 174 Å². The Morgan fingerprint density at radius 1 is 1.30 bits per heavy atom. The van der Waals surface area contributed by atoms with Crippen molar-refractivity contribution in [3.8, 4) is 11.8 Å². The van der Waals surface area contributed by atoms with E-state index in [1.807, 2.05) is 18.2 Å². The standard InChI is InChI=1S/C23H22FN5O/c1-23(15-5-7-16(24)8-6-15)11-10-18-20(23)28-22(29-21(18)26-2)27-17-9-4-14(13-25)19(12-17)30-3/h4-10,12,22,27H,11H2,1-3H3,(H,26,29). The molecule has 0 radical (unpaired) electrons. The van der Waals surface area contributed by atoms with E-state index in [9.17, 15) is 9.65 Å². The molecule has 0 bridgehead atoms. The normalized spacial score (nSPS) is 23.7. The van der Waals surface area contributed by atoms with E-state index in [1.54, 1.807) is 19.2 Å². The van der Waals surface area contributed by atoms with Gasteiger partial charge in [0, 0.05) is 29.8 Å². The number of ether oxygens (including phenoxy) is 1. The van der Waals surface area contributed by atoms with Crippen molar-refractivity contribution in [2.75, 3.05) is 19.5 Å². The highest BCUT2D eigenvalue weighted by Gasteiger charge is 2.42. The number of fused-ring (bicyclic) bond motifs is 1. The van der Waals surface area contributed by atoms with E-state index in [1.165, 1.54) is 19.2 Å². The smallest absolute Gasteiger partial charge is 0.195 e. The molecule has 2 N–H and O–H groups in total. The predicted octanol–water partition coefficient (Wildman–Crippen LogP) is 3.76. The second kappa shape index (κ2) is 7.64. The number of nitrogens with one attached hydrogen (secondary N) is 2. The molecule has 2 atom stereocenters. The van der Waals surface area contributed by atoms with Crippen LogP contribution in [0.5, 0.6) is 5.75 Å². The van der Waals surface area contributed by atoms with Crippen molar-refractivity contribution in [3.63, 3.8) is 0 Å². The molecule has 6 nitrogen and oxygen atoms in total. The van der Waals surface area contributed by atoms with E-state index in [2.05, 4.69) is 34.7 Å². The first kappa shape index (κ1) is 19.6. The van der Waals surface area contributed by atoms with Crippen LogP contribution in [0.25, 0.3) is 0 Å². The number of halogens is 1. The lowest BCUT2D eigenvalue weighted by Crippen LogP contribution is -2.48. The zero-order valence-corrected chi connectivity index (χ0v) is 17.0. The van der Waals surface area contributed by atoms with Crippen LogP contribution >= 0.6 is 0 Å². The van der Waals surface area contributed by atoms with Crippen LogP contribution in [0.2, 0.25) is 0 Å². The van der Waals surface area contributed by atoms with E-state index in [-0.39, 0.29) is 11.2 Å². The van der Waals surface area contributed by atoms with Gasteiger partial charge >= 0.3 is 0 Å². The fourth-order valence-electron chi connectivity index (χ4n) is 3.94. The zero-order chi connectivity index (χ0) is 21.3. The molecule has 7 heteroatoms. The molecule has 152 valence electrons. The lowest BCUT2D eigenvalue weighted by atomic mass is 9.77. The molecule has 30 heavy (non-hydrogen) atoms. The fourth-order valence-corrected chi connectivity index (χ4v) is 3.94. The largest absolute Gasteiger partial charge is 0.495 e. The summed E-state index contributed by atoms with van der Waals surface area (Å²) < 4.78 is 18.8. The van der Waals surface area contributed by atoms with E-state index in [0.29, 0.717) is 11.3 Å². The summed E-state index contributed by atoms with van der Waals surface area (Å²) in [6.45, 7) is 2.11. The Bertz CT molecular complexity index is 1110. The van der Waals surface area contributed by atoms with Gasteiger partial charge in [0.15, 0.2) is 6.29 Å². The number of nitriles is 1. The van der Waals surface area contributed by atoms with Crippen LogP contribution in [0.1, 0.15) is 24.5 Å². The highest BCUT2D eigenvalue weighted by Crippen LogP contribution is 2.40. The second-order valence-corrected chi connectivity index (χ2v) is 7.43. The number of rotatable bonds is 4. The van der Waals surface area contributed by atoms with Gasteiger partial charge in [-0.3, -0.25) is 4.99 Å². The molecule has 1 aliphatic heterocycles. The molecule has 2 aromatic rings. The summed E-state index contributed by atoms with van der Waals surface area (Å²) in [4.78, 5) is 9.34. The summed E-state index contributed by atoms with van der Waals surface area (Å²) >= 11 is 0. The van der Waals surface area contributed by atoms with Gasteiger partial charge in [-0.05, 0) is 43.2 Å². The van der Waals surface area contributed by atoms with Crippen LogP contribution in [-0.2, 0) is 5.41 Å². The number of nitrogens with zero attached hydrogens (tertiary/aromatic N) is 3. The lowest BCUT2D eigenvalue weighted by Gasteiger charge is -2.33. The molecule has 0 fully saturated rings. The first-order valence-corrected chi connectivity index (χ1v) is 9.61. The van der Waals surface area contributed by atoms with Gasteiger partial charge in [0.25, 0.3) is 0 Å². The highest BCUT2D eigenvalue weighted by molar-refractivity contribution is 6.29. The molecule has 0 spiro atoms. The number of anilines is 1. The Morgan fingerprint density at radius 3 is 2.73 bits per heavy atom. The van der Waals surface area contributed by atoms with Crippen molar-refractivity contribution in [1.82, 2.24) is 5.32 Å². The first-order valence-electron chi connectivity index (χ1n) is 9.61. The highest BCUT2D eigenvalue weighted by atomic mass is 19.1. The third kappa shape index (κ3) is 3.30. The SMILES string of the molecule is CN=C1NC(Nc2ccc(C#N)c(OC)c2)N=C2C1=CCC2(C)c1ccc(F)cc1. The molecule has 0 saturated carbocycles. The topological polar surface area (TPSA) is 81.8 Å². The van der Waals surface area contributed by atoms with Crippen molar-refractivity contribution in [3.05, 3.63) is 71.1 Å². The molecular formula is C23H22FN5O. The van der Waals surface area contributed by atoms with Gasteiger partial charge in [-0.2, -0.15) is 5.26 Å². The maximum atomic E-state index is 13.5. The fraction of sp³-hybridized carbons (Fsp3) is 0.261. The number of methoxy groups -OCH3 is 1. The predicted molar refractivity (Wildman–Crippen MR) is 116 cm³/mol. The van der Waals surface area contributed by atoms with Crippen molar-refractivity contribution in [1.29, 1.82) is 5.26 Å². The summed E-state index contributed by atoms with van der Waals surface area (Å²) in [5, 5.41) is 15.8. The van der Waals surface area contributed by atoms with Gasteiger partial charge in [-0.1, -0.05) is 18.2 Å². The monoisotopic (exact) mass is 403 g/mol. The molecule has 2 aromatic carbocycles. The number of hydrogen-bond acceptors (Lipinski definition) is 5. The molecule has 0 aromatic heterocycles. The molecule has 0 amide bonds. The maximum absolute atomic E-state index is 13.5. The van der Waals surface area contributed by atoms with Gasteiger partial charge in [-0.25, -0.2) is 9.38 Å². The molecule has 0 saturated heterocycles. The van der Waals surface area contributed by atoms with Gasteiger partial charge in [0.2, 0.25) is 0 Å². The minimum absolute atomic E-state index is 0.258. The Balaban J connectivity index is 1.69. The van der Waals surface area contributed by atoms with Gasteiger partial charge in [0.05, 0.1) is 18.4 Å². The number of hydrogen-bond donors (Lipinski definition) is 2. The maximum Gasteiger partial charge on any atom is 0.195 e. The minimum Gasteiger partial charge on any atom is -0.495 e. The van der Waals surface area contributed by atoms with Crippen LogP contribution in [0.3, 0.4) is 0 Å². The molecule has 2 aliphatic rings. The van der Waals surface area contributed by atoms with Crippen molar-refractivity contribution in [2.45, 2.75) is 25.0 Å². The van der Waals surface area contributed by atoms with E-state index < -0.39 is 6.29 Å². The van der Waals surface area contributed by atoms with Crippen molar-refractivity contribution in [2.24, 2.45) is 9.98 Å². The van der Waals surface area contributed by atoms with Crippen LogP contribution in [0.15, 0.2) is 64.1 Å². The van der Waals surface area contributed by atoms with Crippen LogP contribution < -0.4 is 15.4 Å². The summed E-state index contributed by atoms with van der Waals surface area (Å²) in [7, 11) is 3.27. The molecule has 2 unspecified atom stereocenters. The second-order valence-electron chi connectivity index (χ2n) is 7.43. The number of amidine groups is 1. The minimum atomic E-state index is -0.452. The Morgan fingerprint density at radius 2 is 2.07 bits per heavy atom. The quantitative estimate of drug-likeness (QED) is 0.814. The third-order valence-electron chi connectivity index (χ3n) is 5.61. The van der Waals surface area contributed by atoms with E-state index >= 15 is 0 Å². The van der Waals surface area contributed by atoms with Crippen molar-refractivity contribution >= 4 is 17.2 Å². The van der Waals surface area contributed by atoms with Crippen LogP contribution in [0, 0.1) is 17.1 Å². The Kier molecular flexibility index (Phi) is 5.00. The van der Waals surface area contributed by atoms with Crippen LogP contribution in [0.4, 0.5) is 10.1 Å². The summed E-state index contributed by atoms with van der Waals surface area (Å²) in [6, 6.07) is 14.0. The van der Waals surface area contributed by atoms with Crippen molar-refractivity contribution < 1.29 is 9.13 Å². The average Bonchev–Trinajstić information content (AvgIpc) is 3.11. The molecule has 1 heterocycles. The lowest BCUT2D eigenvalue weighted by molar-refractivity contribution is 0.413. The summed E-state index contributed by atoms with van der Waals surface area (Å²) in [5.41, 5.74) is 3.74. The number of benzene rings is 2. The zero-order valence-electron chi connectivity index (χ0n) is 17.0. The average molecular weight is 403 g/mol. The van der Waals surface area contributed by atoms with E-state index in [0.717, 1.165) is 34.8 Å².